The van der Waals surface area contributed by atoms with Gasteiger partial charge in [0.25, 0.3) is 0 Å². The molecule has 2 aromatic carbocycles. The van der Waals surface area contributed by atoms with Crippen LogP contribution in [0.4, 0.5) is 5.69 Å². The molecule has 4 nitrogen and oxygen atoms in total. The first-order chi connectivity index (χ1) is 11.6. The number of nitrogens with one attached hydrogen (secondary N) is 1. The van der Waals surface area contributed by atoms with E-state index in [9.17, 15) is 9.59 Å². The van der Waals surface area contributed by atoms with Crippen molar-refractivity contribution in [1.82, 2.24) is 0 Å². The lowest BCUT2D eigenvalue weighted by atomic mass is 9.81. The SMILES string of the molecule is Cc1c(NC(=O)C[C@@H]2CCCc3ccccc32)cccc1C(N)=O. The van der Waals surface area contributed by atoms with E-state index < -0.39 is 5.91 Å². The van der Waals surface area contributed by atoms with Gasteiger partial charge in [0.1, 0.15) is 0 Å². The van der Waals surface area contributed by atoms with Gasteiger partial charge in [-0.2, -0.15) is 0 Å². The van der Waals surface area contributed by atoms with Crippen molar-refractivity contribution < 1.29 is 9.59 Å². The fraction of sp³-hybridized carbons (Fsp3) is 0.300. The van der Waals surface area contributed by atoms with Crippen molar-refractivity contribution >= 4 is 17.5 Å². The zero-order chi connectivity index (χ0) is 17.1. The summed E-state index contributed by atoms with van der Waals surface area (Å²) in [5.41, 5.74) is 9.82. The minimum Gasteiger partial charge on any atom is -0.366 e. The molecule has 0 fully saturated rings. The predicted molar refractivity (Wildman–Crippen MR) is 95.1 cm³/mol. The Hall–Kier alpha value is -2.62. The Morgan fingerprint density at radius 1 is 1.17 bits per heavy atom. The summed E-state index contributed by atoms with van der Waals surface area (Å²) in [5, 5.41) is 2.94. The van der Waals surface area contributed by atoms with Crippen LogP contribution in [0.15, 0.2) is 42.5 Å². The molecule has 2 amide bonds. The molecule has 1 aliphatic carbocycles. The normalized spacial score (nSPS) is 16.3. The van der Waals surface area contributed by atoms with Crippen LogP contribution in [0.25, 0.3) is 0 Å². The van der Waals surface area contributed by atoms with Gasteiger partial charge in [0, 0.05) is 17.7 Å². The van der Waals surface area contributed by atoms with Gasteiger partial charge >= 0.3 is 0 Å². The summed E-state index contributed by atoms with van der Waals surface area (Å²) in [4.78, 5) is 23.9. The smallest absolute Gasteiger partial charge is 0.249 e. The fourth-order valence-corrected chi connectivity index (χ4v) is 3.53. The van der Waals surface area contributed by atoms with Crippen molar-refractivity contribution in [1.29, 1.82) is 0 Å². The number of carbonyl (C=O) groups is 2. The molecule has 2 aromatic rings. The van der Waals surface area contributed by atoms with Gasteiger partial charge in [-0.05, 0) is 60.9 Å². The standard InChI is InChI=1S/C20H22N2O2/c1-13-16(20(21)24)10-5-11-18(13)22-19(23)12-15-8-4-7-14-6-2-3-9-17(14)15/h2-3,5-6,9-11,15H,4,7-8,12H2,1H3,(H2,21,24)(H,22,23)/t15-/m0/s1. The van der Waals surface area contributed by atoms with Crippen LogP contribution in [0, 0.1) is 6.92 Å². The molecule has 0 saturated heterocycles. The number of carbonyl (C=O) groups excluding carboxylic acids is 2. The summed E-state index contributed by atoms with van der Waals surface area (Å²) in [6, 6.07) is 13.6. The predicted octanol–water partition coefficient (Wildman–Crippen LogP) is 3.54. The summed E-state index contributed by atoms with van der Waals surface area (Å²) in [6.45, 7) is 1.80. The van der Waals surface area contributed by atoms with Crippen molar-refractivity contribution in [2.45, 2.75) is 38.5 Å². The van der Waals surface area contributed by atoms with Gasteiger partial charge in [0.2, 0.25) is 11.8 Å². The van der Waals surface area contributed by atoms with Crippen LogP contribution in [0.2, 0.25) is 0 Å². The van der Waals surface area contributed by atoms with Crippen LogP contribution in [-0.2, 0) is 11.2 Å². The van der Waals surface area contributed by atoms with Crippen LogP contribution < -0.4 is 11.1 Å². The van der Waals surface area contributed by atoms with Gasteiger partial charge < -0.3 is 11.1 Å². The van der Waals surface area contributed by atoms with Crippen LogP contribution in [0.5, 0.6) is 0 Å². The van der Waals surface area contributed by atoms with Gasteiger partial charge in [-0.3, -0.25) is 9.59 Å². The first-order valence-electron chi connectivity index (χ1n) is 8.33. The summed E-state index contributed by atoms with van der Waals surface area (Å²) in [7, 11) is 0. The molecule has 1 aliphatic rings. The molecule has 3 rings (SSSR count). The number of nitrogens with two attached hydrogens (primary N) is 1. The summed E-state index contributed by atoms with van der Waals surface area (Å²) >= 11 is 0. The number of amides is 2. The van der Waals surface area contributed by atoms with Crippen molar-refractivity contribution in [2.75, 3.05) is 5.32 Å². The molecule has 124 valence electrons. The molecule has 0 spiro atoms. The van der Waals surface area contributed by atoms with Gasteiger partial charge in [-0.15, -0.1) is 0 Å². The Kier molecular flexibility index (Phi) is 4.65. The molecule has 0 saturated carbocycles. The fourth-order valence-electron chi connectivity index (χ4n) is 3.53. The zero-order valence-corrected chi connectivity index (χ0v) is 13.8. The molecule has 24 heavy (non-hydrogen) atoms. The summed E-state index contributed by atoms with van der Waals surface area (Å²) in [5.74, 6) is -0.249. The zero-order valence-electron chi connectivity index (χ0n) is 13.8. The molecule has 0 bridgehead atoms. The van der Waals surface area contributed by atoms with E-state index in [2.05, 4.69) is 23.5 Å². The molecule has 0 aliphatic heterocycles. The second-order valence-electron chi connectivity index (χ2n) is 6.38. The van der Waals surface area contributed by atoms with Crippen molar-refractivity contribution in [3.05, 3.63) is 64.7 Å². The van der Waals surface area contributed by atoms with Gasteiger partial charge in [-0.1, -0.05) is 30.3 Å². The highest BCUT2D eigenvalue weighted by Gasteiger charge is 2.22. The van der Waals surface area contributed by atoms with Crippen LogP contribution >= 0.6 is 0 Å². The topological polar surface area (TPSA) is 72.2 Å². The van der Waals surface area contributed by atoms with Gasteiger partial charge in [0.15, 0.2) is 0 Å². The number of aryl methyl sites for hydroxylation is 1. The van der Waals surface area contributed by atoms with Crippen LogP contribution in [0.3, 0.4) is 0 Å². The van der Waals surface area contributed by atoms with E-state index in [1.165, 1.54) is 11.1 Å². The Labute approximate surface area is 142 Å². The Bertz CT molecular complexity index is 783. The maximum Gasteiger partial charge on any atom is 0.249 e. The quantitative estimate of drug-likeness (QED) is 0.903. The lowest BCUT2D eigenvalue weighted by molar-refractivity contribution is -0.116. The molecular formula is C20H22N2O2. The number of benzene rings is 2. The lowest BCUT2D eigenvalue weighted by Gasteiger charge is -2.25. The maximum atomic E-state index is 12.5. The average Bonchev–Trinajstić information content (AvgIpc) is 2.57. The van der Waals surface area contributed by atoms with E-state index in [-0.39, 0.29) is 11.8 Å². The summed E-state index contributed by atoms with van der Waals surface area (Å²) in [6.07, 6.45) is 3.70. The second kappa shape index (κ2) is 6.87. The van der Waals surface area contributed by atoms with Crippen molar-refractivity contribution in [3.63, 3.8) is 0 Å². The third-order valence-corrected chi connectivity index (χ3v) is 4.80. The highest BCUT2D eigenvalue weighted by Crippen LogP contribution is 2.34. The Morgan fingerprint density at radius 2 is 1.96 bits per heavy atom. The number of hydrogen-bond donors (Lipinski definition) is 2. The minimum absolute atomic E-state index is 0.0265. The molecule has 0 radical (unpaired) electrons. The highest BCUT2D eigenvalue weighted by atomic mass is 16.2. The largest absolute Gasteiger partial charge is 0.366 e. The van der Waals surface area contributed by atoms with E-state index in [4.69, 9.17) is 5.73 Å². The number of fused-ring (bicyclic) bond motifs is 1. The third kappa shape index (κ3) is 3.32. The number of primary amides is 1. The van der Waals surface area contributed by atoms with Crippen molar-refractivity contribution in [2.24, 2.45) is 5.73 Å². The lowest BCUT2D eigenvalue weighted by Crippen LogP contribution is -2.20. The Balaban J connectivity index is 1.74. The molecule has 0 unspecified atom stereocenters. The third-order valence-electron chi connectivity index (χ3n) is 4.80. The van der Waals surface area contributed by atoms with Gasteiger partial charge in [-0.25, -0.2) is 0 Å². The molecule has 0 aromatic heterocycles. The minimum atomic E-state index is -0.482. The summed E-state index contributed by atoms with van der Waals surface area (Å²) < 4.78 is 0. The van der Waals surface area contributed by atoms with E-state index >= 15 is 0 Å². The van der Waals surface area contributed by atoms with E-state index in [0.29, 0.717) is 23.2 Å². The molecule has 4 heteroatoms. The first-order valence-corrected chi connectivity index (χ1v) is 8.33. The number of hydrogen-bond acceptors (Lipinski definition) is 2. The average molecular weight is 322 g/mol. The van der Waals surface area contributed by atoms with Crippen LogP contribution in [-0.4, -0.2) is 11.8 Å². The molecule has 1 atom stereocenters. The monoisotopic (exact) mass is 322 g/mol. The molecule has 3 N–H and O–H groups in total. The molecular weight excluding hydrogens is 300 g/mol. The first kappa shape index (κ1) is 16.2. The van der Waals surface area contributed by atoms with E-state index in [1.54, 1.807) is 25.1 Å². The Morgan fingerprint density at radius 3 is 2.75 bits per heavy atom. The van der Waals surface area contributed by atoms with Crippen molar-refractivity contribution in [3.8, 4) is 0 Å². The highest BCUT2D eigenvalue weighted by molar-refractivity contribution is 5.98. The second-order valence-corrected chi connectivity index (χ2v) is 6.38. The van der Waals surface area contributed by atoms with Gasteiger partial charge in [0.05, 0.1) is 0 Å². The van der Waals surface area contributed by atoms with Crippen LogP contribution in [0.1, 0.15) is 52.2 Å². The maximum absolute atomic E-state index is 12.5. The number of anilines is 1. The number of rotatable bonds is 4. The molecule has 0 heterocycles. The van der Waals surface area contributed by atoms with E-state index in [1.807, 2.05) is 6.07 Å². The van der Waals surface area contributed by atoms with E-state index in [0.717, 1.165) is 19.3 Å².